The Kier molecular flexibility index (Phi) is 4.66. The van der Waals surface area contributed by atoms with Gasteiger partial charge in [0.25, 0.3) is 0 Å². The van der Waals surface area contributed by atoms with E-state index >= 15 is 0 Å². The van der Waals surface area contributed by atoms with Gasteiger partial charge in [-0.15, -0.1) is 0 Å². The lowest BCUT2D eigenvalue weighted by molar-refractivity contribution is 0.0600. The van der Waals surface area contributed by atoms with Gasteiger partial charge in [0, 0.05) is 30.9 Å². The number of esters is 1. The van der Waals surface area contributed by atoms with E-state index in [1.165, 1.54) is 32.9 Å². The molecule has 0 radical (unpaired) electrons. The number of hydrogen-bond acceptors (Lipinski definition) is 4. The molecule has 3 heterocycles. The van der Waals surface area contributed by atoms with E-state index in [1.807, 2.05) is 10.6 Å². The van der Waals surface area contributed by atoms with Gasteiger partial charge in [0.05, 0.1) is 18.4 Å². The van der Waals surface area contributed by atoms with Gasteiger partial charge in [-0.1, -0.05) is 6.42 Å². The summed E-state index contributed by atoms with van der Waals surface area (Å²) in [6.07, 6.45) is 8.74. The summed E-state index contributed by atoms with van der Waals surface area (Å²) in [6.45, 7) is 5.72. The Balaban J connectivity index is 1.81. The molecule has 5 nitrogen and oxygen atoms in total. The normalized spacial score (nSPS) is 19.4. The van der Waals surface area contributed by atoms with Gasteiger partial charge in [-0.25, -0.2) is 9.78 Å². The molecular weight excluding hydrogens is 290 g/mol. The Hall–Kier alpha value is -1.88. The number of methoxy groups -OCH3 is 1. The molecule has 1 fully saturated rings. The fourth-order valence-corrected chi connectivity index (χ4v) is 3.54. The topological polar surface area (TPSA) is 46.8 Å². The quantitative estimate of drug-likeness (QED) is 0.814. The number of pyridine rings is 1. The number of aromatic nitrogens is 2. The summed E-state index contributed by atoms with van der Waals surface area (Å²) < 4.78 is 6.75. The SMILES string of the molecule is COC(=O)c1ccn2cc(CC3CCCCN3C(C)C)nc2c1. The second kappa shape index (κ2) is 6.71. The van der Waals surface area contributed by atoms with Gasteiger partial charge in [-0.3, -0.25) is 4.90 Å². The third-order valence-corrected chi connectivity index (χ3v) is 4.71. The highest BCUT2D eigenvalue weighted by atomic mass is 16.5. The average molecular weight is 315 g/mol. The molecule has 0 aliphatic carbocycles. The number of hydrogen-bond donors (Lipinski definition) is 0. The first-order valence-electron chi connectivity index (χ1n) is 8.40. The first kappa shape index (κ1) is 16.0. The Morgan fingerprint density at radius 1 is 1.43 bits per heavy atom. The van der Waals surface area contributed by atoms with Crippen molar-refractivity contribution in [1.82, 2.24) is 14.3 Å². The van der Waals surface area contributed by atoms with Gasteiger partial charge in [-0.2, -0.15) is 0 Å². The predicted octanol–water partition coefficient (Wildman–Crippen LogP) is 2.93. The van der Waals surface area contributed by atoms with E-state index in [0.29, 0.717) is 17.6 Å². The number of carbonyl (C=O) groups is 1. The third kappa shape index (κ3) is 3.39. The lowest BCUT2D eigenvalue weighted by Crippen LogP contribution is -2.45. The Morgan fingerprint density at radius 3 is 3.00 bits per heavy atom. The van der Waals surface area contributed by atoms with Crippen LogP contribution in [0.3, 0.4) is 0 Å². The second-order valence-electron chi connectivity index (χ2n) is 6.59. The highest BCUT2D eigenvalue weighted by molar-refractivity contribution is 5.90. The number of piperidine rings is 1. The highest BCUT2D eigenvalue weighted by Gasteiger charge is 2.25. The molecule has 1 aliphatic heterocycles. The van der Waals surface area contributed by atoms with E-state index in [0.717, 1.165) is 17.8 Å². The molecule has 23 heavy (non-hydrogen) atoms. The van der Waals surface area contributed by atoms with Crippen LogP contribution in [0.4, 0.5) is 0 Å². The van der Waals surface area contributed by atoms with Crippen LogP contribution < -0.4 is 0 Å². The molecule has 0 bridgehead atoms. The van der Waals surface area contributed by atoms with Gasteiger partial charge in [0.1, 0.15) is 5.65 Å². The van der Waals surface area contributed by atoms with Crippen molar-refractivity contribution in [3.8, 4) is 0 Å². The molecule has 1 aliphatic rings. The maximum Gasteiger partial charge on any atom is 0.338 e. The third-order valence-electron chi connectivity index (χ3n) is 4.71. The zero-order valence-electron chi connectivity index (χ0n) is 14.2. The van der Waals surface area contributed by atoms with Crippen LogP contribution in [0.2, 0.25) is 0 Å². The van der Waals surface area contributed by atoms with Crippen molar-refractivity contribution >= 4 is 11.6 Å². The largest absolute Gasteiger partial charge is 0.465 e. The lowest BCUT2D eigenvalue weighted by atomic mass is 9.97. The monoisotopic (exact) mass is 315 g/mol. The number of imidazole rings is 1. The van der Waals surface area contributed by atoms with Gasteiger partial charge in [0.2, 0.25) is 0 Å². The molecule has 2 aromatic rings. The van der Waals surface area contributed by atoms with Crippen LogP contribution in [0.15, 0.2) is 24.5 Å². The molecule has 0 saturated carbocycles. The van der Waals surface area contributed by atoms with Crippen LogP contribution in [-0.4, -0.2) is 46.0 Å². The van der Waals surface area contributed by atoms with Crippen molar-refractivity contribution in [1.29, 1.82) is 0 Å². The van der Waals surface area contributed by atoms with Crippen LogP contribution >= 0.6 is 0 Å². The fraction of sp³-hybridized carbons (Fsp3) is 0.556. The lowest BCUT2D eigenvalue weighted by Gasteiger charge is -2.38. The van der Waals surface area contributed by atoms with Crippen LogP contribution in [0.5, 0.6) is 0 Å². The summed E-state index contributed by atoms with van der Waals surface area (Å²) >= 11 is 0. The summed E-state index contributed by atoms with van der Waals surface area (Å²) in [5.41, 5.74) is 2.43. The molecule has 0 aromatic carbocycles. The number of rotatable bonds is 4. The first-order valence-corrected chi connectivity index (χ1v) is 8.40. The fourth-order valence-electron chi connectivity index (χ4n) is 3.54. The summed E-state index contributed by atoms with van der Waals surface area (Å²) in [4.78, 5) is 18.9. The van der Waals surface area contributed by atoms with Gasteiger partial charge in [-0.05, 0) is 45.4 Å². The summed E-state index contributed by atoms with van der Waals surface area (Å²) in [5.74, 6) is -0.324. The van der Waals surface area contributed by atoms with Gasteiger partial charge in [0.15, 0.2) is 0 Å². The molecule has 2 aromatic heterocycles. The van der Waals surface area contributed by atoms with Gasteiger partial charge < -0.3 is 9.14 Å². The van der Waals surface area contributed by atoms with Crippen molar-refractivity contribution in [2.45, 2.75) is 51.6 Å². The molecule has 0 spiro atoms. The molecular formula is C18H25N3O2. The van der Waals surface area contributed by atoms with Crippen molar-refractivity contribution in [2.24, 2.45) is 0 Å². The Labute approximate surface area is 137 Å². The number of likely N-dealkylation sites (tertiary alicyclic amines) is 1. The minimum Gasteiger partial charge on any atom is -0.465 e. The van der Waals surface area contributed by atoms with Crippen LogP contribution in [0.1, 0.15) is 49.2 Å². The number of fused-ring (bicyclic) bond motifs is 1. The number of nitrogens with zero attached hydrogens (tertiary/aromatic N) is 3. The Bertz CT molecular complexity index is 693. The summed E-state index contributed by atoms with van der Waals surface area (Å²) in [6, 6.07) is 4.69. The average Bonchev–Trinajstić information content (AvgIpc) is 2.95. The molecule has 0 N–H and O–H groups in total. The van der Waals surface area contributed by atoms with Gasteiger partial charge >= 0.3 is 5.97 Å². The Morgan fingerprint density at radius 2 is 2.26 bits per heavy atom. The standard InChI is InChI=1S/C18H25N3O2/c1-13(2)21-8-5-4-6-16(21)11-15-12-20-9-7-14(18(22)23-3)10-17(20)19-15/h7,9-10,12-13,16H,4-6,8,11H2,1-3H3. The van der Waals surface area contributed by atoms with E-state index in [1.54, 1.807) is 12.1 Å². The van der Waals surface area contributed by atoms with Crippen molar-refractivity contribution in [3.63, 3.8) is 0 Å². The van der Waals surface area contributed by atoms with E-state index < -0.39 is 0 Å². The van der Waals surface area contributed by atoms with Crippen molar-refractivity contribution in [3.05, 3.63) is 35.8 Å². The number of carbonyl (C=O) groups excluding carboxylic acids is 1. The maximum atomic E-state index is 11.6. The maximum absolute atomic E-state index is 11.6. The van der Waals surface area contributed by atoms with E-state index in [4.69, 9.17) is 9.72 Å². The highest BCUT2D eigenvalue weighted by Crippen LogP contribution is 2.23. The minimum absolute atomic E-state index is 0.324. The summed E-state index contributed by atoms with van der Waals surface area (Å²) in [5, 5.41) is 0. The van der Waals surface area contributed by atoms with E-state index in [9.17, 15) is 4.79 Å². The first-order chi connectivity index (χ1) is 11.1. The molecule has 3 rings (SSSR count). The van der Waals surface area contributed by atoms with E-state index in [2.05, 4.69) is 24.9 Å². The second-order valence-corrected chi connectivity index (χ2v) is 6.59. The molecule has 5 heteroatoms. The van der Waals surface area contributed by atoms with Crippen LogP contribution in [0, 0.1) is 0 Å². The molecule has 124 valence electrons. The molecule has 1 saturated heterocycles. The summed E-state index contributed by atoms with van der Waals surface area (Å²) in [7, 11) is 1.40. The zero-order valence-corrected chi connectivity index (χ0v) is 14.2. The minimum atomic E-state index is -0.324. The predicted molar refractivity (Wildman–Crippen MR) is 89.7 cm³/mol. The van der Waals surface area contributed by atoms with Crippen LogP contribution in [0.25, 0.3) is 5.65 Å². The van der Waals surface area contributed by atoms with E-state index in [-0.39, 0.29) is 5.97 Å². The molecule has 1 unspecified atom stereocenters. The zero-order chi connectivity index (χ0) is 16.4. The van der Waals surface area contributed by atoms with Crippen molar-refractivity contribution < 1.29 is 9.53 Å². The number of ether oxygens (including phenoxy) is 1. The molecule has 0 amide bonds. The van der Waals surface area contributed by atoms with Crippen molar-refractivity contribution in [2.75, 3.05) is 13.7 Å². The van der Waals surface area contributed by atoms with Crippen LogP contribution in [-0.2, 0) is 11.2 Å². The molecule has 1 atom stereocenters. The smallest absolute Gasteiger partial charge is 0.338 e.